The highest BCUT2D eigenvalue weighted by Gasteiger charge is 2.13. The Balaban J connectivity index is 1.95. The molecule has 2 atom stereocenters. The van der Waals surface area contributed by atoms with Gasteiger partial charge in [-0.3, -0.25) is 0 Å². The van der Waals surface area contributed by atoms with E-state index in [4.69, 9.17) is 4.74 Å². The molecule has 0 saturated heterocycles. The van der Waals surface area contributed by atoms with Crippen LogP contribution in [0.1, 0.15) is 31.3 Å². The smallest absolute Gasteiger partial charge is 0.122 e. The summed E-state index contributed by atoms with van der Waals surface area (Å²) in [5.74, 6) is 1.91. The topological polar surface area (TPSA) is 49.9 Å². The van der Waals surface area contributed by atoms with Crippen molar-refractivity contribution >= 4 is 0 Å². The third-order valence-electron chi connectivity index (χ3n) is 3.18. The number of aromatic amines is 1. The number of hydrogen-bond acceptors (Lipinski definition) is 3. The zero-order chi connectivity index (χ0) is 13.7. The van der Waals surface area contributed by atoms with Gasteiger partial charge in [0.1, 0.15) is 11.6 Å². The van der Waals surface area contributed by atoms with Crippen molar-refractivity contribution in [2.75, 3.05) is 7.11 Å². The van der Waals surface area contributed by atoms with Gasteiger partial charge in [-0.1, -0.05) is 18.2 Å². The molecule has 0 fully saturated rings. The molecular weight excluding hydrogens is 238 g/mol. The number of nitrogens with zero attached hydrogens (tertiary/aromatic N) is 1. The van der Waals surface area contributed by atoms with Crippen molar-refractivity contribution in [1.29, 1.82) is 0 Å². The van der Waals surface area contributed by atoms with Gasteiger partial charge in [0.2, 0.25) is 0 Å². The van der Waals surface area contributed by atoms with E-state index in [0.717, 1.165) is 18.0 Å². The van der Waals surface area contributed by atoms with Crippen molar-refractivity contribution in [2.24, 2.45) is 0 Å². The zero-order valence-corrected chi connectivity index (χ0v) is 11.7. The van der Waals surface area contributed by atoms with E-state index in [1.165, 1.54) is 5.56 Å². The molecule has 1 heterocycles. The van der Waals surface area contributed by atoms with Crippen molar-refractivity contribution in [2.45, 2.75) is 32.4 Å². The van der Waals surface area contributed by atoms with E-state index in [1.54, 1.807) is 13.3 Å². The molecule has 19 heavy (non-hydrogen) atoms. The lowest BCUT2D eigenvalue weighted by molar-refractivity contribution is 0.402. The van der Waals surface area contributed by atoms with E-state index in [9.17, 15) is 0 Å². The summed E-state index contributed by atoms with van der Waals surface area (Å²) in [4.78, 5) is 7.40. The SMILES string of the molecule is COc1ccccc1CC(C)NC(C)c1ncc[nH]1. The maximum Gasteiger partial charge on any atom is 0.122 e. The van der Waals surface area contributed by atoms with Crippen LogP contribution in [0, 0.1) is 0 Å². The molecule has 4 nitrogen and oxygen atoms in total. The summed E-state index contributed by atoms with van der Waals surface area (Å²) in [7, 11) is 1.71. The van der Waals surface area contributed by atoms with Gasteiger partial charge >= 0.3 is 0 Å². The van der Waals surface area contributed by atoms with Crippen LogP contribution in [0.4, 0.5) is 0 Å². The van der Waals surface area contributed by atoms with Crippen LogP contribution < -0.4 is 10.1 Å². The van der Waals surface area contributed by atoms with Gasteiger partial charge in [0.25, 0.3) is 0 Å². The summed E-state index contributed by atoms with van der Waals surface area (Å²) in [6, 6.07) is 8.69. The first kappa shape index (κ1) is 13.6. The van der Waals surface area contributed by atoms with Crippen molar-refractivity contribution in [1.82, 2.24) is 15.3 Å². The van der Waals surface area contributed by atoms with Gasteiger partial charge < -0.3 is 15.0 Å². The summed E-state index contributed by atoms with van der Waals surface area (Å²) < 4.78 is 5.38. The van der Waals surface area contributed by atoms with Gasteiger partial charge in [-0.15, -0.1) is 0 Å². The Kier molecular flexibility index (Phi) is 4.58. The number of benzene rings is 1. The number of hydrogen-bond donors (Lipinski definition) is 2. The Labute approximate surface area is 114 Å². The lowest BCUT2D eigenvalue weighted by Gasteiger charge is -2.19. The Morgan fingerprint density at radius 2 is 2.11 bits per heavy atom. The molecule has 2 aromatic rings. The van der Waals surface area contributed by atoms with Crippen LogP contribution >= 0.6 is 0 Å². The van der Waals surface area contributed by atoms with E-state index in [1.807, 2.05) is 24.4 Å². The summed E-state index contributed by atoms with van der Waals surface area (Å²) in [6.45, 7) is 4.28. The molecule has 2 N–H and O–H groups in total. The molecule has 4 heteroatoms. The fourth-order valence-corrected chi connectivity index (χ4v) is 2.28. The predicted octanol–water partition coefficient (Wildman–Crippen LogP) is 2.70. The van der Waals surface area contributed by atoms with Gasteiger partial charge in [0.15, 0.2) is 0 Å². The lowest BCUT2D eigenvalue weighted by atomic mass is 10.1. The number of aromatic nitrogens is 2. The second kappa shape index (κ2) is 6.38. The van der Waals surface area contributed by atoms with Crippen molar-refractivity contribution in [3.05, 3.63) is 48.0 Å². The molecular formula is C15H21N3O. The summed E-state index contributed by atoms with van der Waals surface area (Å²) in [5.41, 5.74) is 1.22. The number of methoxy groups -OCH3 is 1. The highest BCUT2D eigenvalue weighted by Crippen LogP contribution is 2.19. The molecule has 0 bridgehead atoms. The fraction of sp³-hybridized carbons (Fsp3) is 0.400. The van der Waals surface area contributed by atoms with E-state index >= 15 is 0 Å². The number of H-pyrrole nitrogens is 1. The molecule has 1 aromatic heterocycles. The number of para-hydroxylation sites is 1. The zero-order valence-electron chi connectivity index (χ0n) is 11.7. The summed E-state index contributed by atoms with van der Waals surface area (Å²) in [5, 5.41) is 3.53. The van der Waals surface area contributed by atoms with Gasteiger partial charge in [-0.25, -0.2) is 4.98 Å². The van der Waals surface area contributed by atoms with E-state index in [2.05, 4.69) is 35.2 Å². The number of nitrogens with one attached hydrogen (secondary N) is 2. The predicted molar refractivity (Wildman–Crippen MR) is 76.3 cm³/mol. The maximum absolute atomic E-state index is 5.38. The first-order chi connectivity index (χ1) is 9.20. The Bertz CT molecular complexity index is 496. The Morgan fingerprint density at radius 3 is 2.79 bits per heavy atom. The molecule has 0 aliphatic heterocycles. The third-order valence-corrected chi connectivity index (χ3v) is 3.18. The molecule has 2 rings (SSSR count). The monoisotopic (exact) mass is 259 g/mol. The average molecular weight is 259 g/mol. The molecule has 0 aliphatic rings. The minimum atomic E-state index is 0.208. The van der Waals surface area contributed by atoms with Crippen LogP contribution in [0.2, 0.25) is 0 Å². The second-order valence-electron chi connectivity index (χ2n) is 4.78. The van der Waals surface area contributed by atoms with Gasteiger partial charge in [-0.05, 0) is 31.9 Å². The molecule has 2 unspecified atom stereocenters. The molecule has 0 saturated carbocycles. The van der Waals surface area contributed by atoms with Crippen molar-refractivity contribution in [3.8, 4) is 5.75 Å². The maximum atomic E-state index is 5.38. The largest absolute Gasteiger partial charge is 0.496 e. The highest BCUT2D eigenvalue weighted by molar-refractivity contribution is 5.33. The van der Waals surface area contributed by atoms with Crippen LogP contribution in [0.15, 0.2) is 36.7 Å². The molecule has 0 radical (unpaired) electrons. The molecule has 1 aromatic carbocycles. The third kappa shape index (κ3) is 3.58. The fourth-order valence-electron chi connectivity index (χ4n) is 2.28. The first-order valence-electron chi connectivity index (χ1n) is 6.58. The summed E-state index contributed by atoms with van der Waals surface area (Å²) >= 11 is 0. The molecule has 102 valence electrons. The quantitative estimate of drug-likeness (QED) is 0.838. The molecule has 0 amide bonds. The van der Waals surface area contributed by atoms with E-state index in [0.29, 0.717) is 6.04 Å². The second-order valence-corrected chi connectivity index (χ2v) is 4.78. The van der Waals surface area contributed by atoms with E-state index < -0.39 is 0 Å². The normalized spacial score (nSPS) is 14.1. The van der Waals surface area contributed by atoms with Gasteiger partial charge in [0.05, 0.1) is 13.2 Å². The number of rotatable bonds is 6. The van der Waals surface area contributed by atoms with Crippen molar-refractivity contribution < 1.29 is 4.74 Å². The van der Waals surface area contributed by atoms with E-state index in [-0.39, 0.29) is 6.04 Å². The van der Waals surface area contributed by atoms with Crippen LogP contribution in [0.3, 0.4) is 0 Å². The Hall–Kier alpha value is -1.81. The average Bonchev–Trinajstić information content (AvgIpc) is 2.93. The molecule has 0 aliphatic carbocycles. The Morgan fingerprint density at radius 1 is 1.32 bits per heavy atom. The highest BCUT2D eigenvalue weighted by atomic mass is 16.5. The van der Waals surface area contributed by atoms with Crippen LogP contribution in [-0.2, 0) is 6.42 Å². The van der Waals surface area contributed by atoms with Gasteiger partial charge in [0, 0.05) is 18.4 Å². The minimum absolute atomic E-state index is 0.208. The van der Waals surface area contributed by atoms with Crippen LogP contribution in [0.5, 0.6) is 5.75 Å². The van der Waals surface area contributed by atoms with Crippen molar-refractivity contribution in [3.63, 3.8) is 0 Å². The van der Waals surface area contributed by atoms with Crippen LogP contribution in [0.25, 0.3) is 0 Å². The van der Waals surface area contributed by atoms with Crippen LogP contribution in [-0.4, -0.2) is 23.1 Å². The number of imidazole rings is 1. The minimum Gasteiger partial charge on any atom is -0.496 e. The first-order valence-corrected chi connectivity index (χ1v) is 6.58. The standard InChI is InChI=1S/C15H21N3O/c1-11(18-12(2)15-16-8-9-17-15)10-13-6-4-5-7-14(13)19-3/h4-9,11-12,18H,10H2,1-3H3,(H,16,17). The molecule has 0 spiro atoms. The summed E-state index contributed by atoms with van der Waals surface area (Å²) in [6.07, 6.45) is 4.55. The van der Waals surface area contributed by atoms with Gasteiger partial charge in [-0.2, -0.15) is 0 Å². The number of ether oxygens (including phenoxy) is 1. The lowest BCUT2D eigenvalue weighted by Crippen LogP contribution is -2.31.